The molecular formula is C20H22N2O3. The SMILES string of the molecule is CCO[C@H](C(=O)Nc1cccc(N2CCCC2=O)c1)c1ccccc1. The summed E-state index contributed by atoms with van der Waals surface area (Å²) < 4.78 is 5.63. The molecule has 3 rings (SSSR count). The molecule has 1 aliphatic rings. The van der Waals surface area contributed by atoms with E-state index in [9.17, 15) is 9.59 Å². The zero-order chi connectivity index (χ0) is 17.6. The maximum atomic E-state index is 12.7. The molecule has 0 aliphatic carbocycles. The third-order valence-electron chi connectivity index (χ3n) is 4.17. The fourth-order valence-electron chi connectivity index (χ4n) is 3.00. The van der Waals surface area contributed by atoms with Gasteiger partial charge in [-0.25, -0.2) is 0 Å². The van der Waals surface area contributed by atoms with Crippen molar-refractivity contribution in [1.82, 2.24) is 0 Å². The first-order valence-electron chi connectivity index (χ1n) is 8.57. The molecule has 5 nitrogen and oxygen atoms in total. The number of nitrogens with one attached hydrogen (secondary N) is 1. The Labute approximate surface area is 147 Å². The van der Waals surface area contributed by atoms with Gasteiger partial charge in [0, 0.05) is 30.9 Å². The van der Waals surface area contributed by atoms with E-state index in [1.165, 1.54) is 0 Å². The molecule has 130 valence electrons. The highest BCUT2D eigenvalue weighted by Crippen LogP contribution is 2.25. The average molecular weight is 338 g/mol. The summed E-state index contributed by atoms with van der Waals surface area (Å²) in [4.78, 5) is 26.3. The summed E-state index contributed by atoms with van der Waals surface area (Å²) in [6.45, 7) is 3.03. The maximum Gasteiger partial charge on any atom is 0.258 e. The summed E-state index contributed by atoms with van der Waals surface area (Å²) >= 11 is 0. The highest BCUT2D eigenvalue weighted by atomic mass is 16.5. The van der Waals surface area contributed by atoms with Crippen molar-refractivity contribution in [3.8, 4) is 0 Å². The summed E-state index contributed by atoms with van der Waals surface area (Å²) in [6.07, 6.45) is 0.788. The first kappa shape index (κ1) is 17.2. The van der Waals surface area contributed by atoms with E-state index in [1.807, 2.05) is 61.5 Å². The molecule has 0 aromatic heterocycles. The van der Waals surface area contributed by atoms with Gasteiger partial charge in [-0.2, -0.15) is 0 Å². The lowest BCUT2D eigenvalue weighted by Gasteiger charge is -2.19. The van der Waals surface area contributed by atoms with Crippen molar-refractivity contribution < 1.29 is 14.3 Å². The predicted octanol–water partition coefficient (Wildman–Crippen LogP) is 3.53. The summed E-state index contributed by atoms with van der Waals surface area (Å²) in [7, 11) is 0. The van der Waals surface area contributed by atoms with E-state index in [-0.39, 0.29) is 11.8 Å². The van der Waals surface area contributed by atoms with Gasteiger partial charge in [0.1, 0.15) is 0 Å². The minimum Gasteiger partial charge on any atom is -0.364 e. The van der Waals surface area contributed by atoms with Crippen molar-refractivity contribution in [2.24, 2.45) is 0 Å². The smallest absolute Gasteiger partial charge is 0.258 e. The number of hydrogen-bond acceptors (Lipinski definition) is 3. The van der Waals surface area contributed by atoms with Crippen molar-refractivity contribution in [2.75, 3.05) is 23.4 Å². The average Bonchev–Trinajstić information content (AvgIpc) is 3.06. The van der Waals surface area contributed by atoms with Gasteiger partial charge in [-0.3, -0.25) is 9.59 Å². The summed E-state index contributed by atoms with van der Waals surface area (Å²) in [5, 5.41) is 2.90. The van der Waals surface area contributed by atoms with Crippen molar-refractivity contribution in [3.05, 3.63) is 60.2 Å². The van der Waals surface area contributed by atoms with Crippen LogP contribution in [0.25, 0.3) is 0 Å². The Balaban J connectivity index is 1.76. The second-order valence-electron chi connectivity index (χ2n) is 5.93. The monoisotopic (exact) mass is 338 g/mol. The molecule has 25 heavy (non-hydrogen) atoms. The van der Waals surface area contributed by atoms with Crippen LogP contribution < -0.4 is 10.2 Å². The molecule has 2 aromatic carbocycles. The van der Waals surface area contributed by atoms with E-state index < -0.39 is 6.10 Å². The molecular weight excluding hydrogens is 316 g/mol. The fourth-order valence-corrected chi connectivity index (χ4v) is 3.00. The lowest BCUT2D eigenvalue weighted by Crippen LogP contribution is -2.25. The highest BCUT2D eigenvalue weighted by molar-refractivity contribution is 5.98. The van der Waals surface area contributed by atoms with E-state index in [0.717, 1.165) is 24.2 Å². The van der Waals surface area contributed by atoms with Crippen LogP contribution >= 0.6 is 0 Å². The third kappa shape index (κ3) is 4.06. The summed E-state index contributed by atoms with van der Waals surface area (Å²) in [5.74, 6) is -0.0992. The number of carbonyl (C=O) groups excluding carboxylic acids is 2. The Morgan fingerprint density at radius 2 is 2.00 bits per heavy atom. The molecule has 2 amide bonds. The van der Waals surface area contributed by atoms with Crippen LogP contribution in [0.1, 0.15) is 31.4 Å². The van der Waals surface area contributed by atoms with E-state index in [2.05, 4.69) is 5.32 Å². The van der Waals surface area contributed by atoms with E-state index in [1.54, 1.807) is 4.90 Å². The van der Waals surface area contributed by atoms with Crippen LogP contribution in [0.3, 0.4) is 0 Å². The topological polar surface area (TPSA) is 58.6 Å². The van der Waals surface area contributed by atoms with Gasteiger partial charge < -0.3 is 15.0 Å². The van der Waals surface area contributed by atoms with Crippen LogP contribution in [0.2, 0.25) is 0 Å². The third-order valence-corrected chi connectivity index (χ3v) is 4.17. The van der Waals surface area contributed by atoms with Crippen LogP contribution in [0.5, 0.6) is 0 Å². The lowest BCUT2D eigenvalue weighted by atomic mass is 10.1. The standard InChI is InChI=1S/C20H22N2O3/c1-2-25-19(15-8-4-3-5-9-15)20(24)21-16-10-6-11-17(14-16)22-13-7-12-18(22)23/h3-6,8-11,14,19H,2,7,12-13H2,1H3,(H,21,24)/t19-/m0/s1. The van der Waals surface area contributed by atoms with Crippen LogP contribution in [-0.2, 0) is 14.3 Å². The molecule has 0 bridgehead atoms. The predicted molar refractivity (Wildman–Crippen MR) is 97.5 cm³/mol. The Kier molecular flexibility index (Phi) is 5.46. The summed E-state index contributed by atoms with van der Waals surface area (Å²) in [5.41, 5.74) is 2.28. The normalized spacial score (nSPS) is 15.2. The van der Waals surface area contributed by atoms with Crippen molar-refractivity contribution in [3.63, 3.8) is 0 Å². The number of rotatable bonds is 6. The number of anilines is 2. The first-order valence-corrected chi connectivity index (χ1v) is 8.57. The molecule has 5 heteroatoms. The van der Waals surface area contributed by atoms with Crippen LogP contribution in [0, 0.1) is 0 Å². The molecule has 0 saturated carbocycles. The van der Waals surface area contributed by atoms with Gasteiger partial charge in [0.2, 0.25) is 5.91 Å². The molecule has 1 saturated heterocycles. The maximum absolute atomic E-state index is 12.7. The molecule has 0 spiro atoms. The van der Waals surface area contributed by atoms with Crippen molar-refractivity contribution in [2.45, 2.75) is 25.9 Å². The van der Waals surface area contributed by atoms with Gasteiger partial charge >= 0.3 is 0 Å². The second kappa shape index (κ2) is 7.94. The molecule has 1 atom stereocenters. The lowest BCUT2D eigenvalue weighted by molar-refractivity contribution is -0.127. The zero-order valence-electron chi connectivity index (χ0n) is 14.3. The Bertz CT molecular complexity index is 746. The Morgan fingerprint density at radius 3 is 2.68 bits per heavy atom. The highest BCUT2D eigenvalue weighted by Gasteiger charge is 2.23. The minimum atomic E-state index is -0.664. The molecule has 1 heterocycles. The van der Waals surface area contributed by atoms with Gasteiger partial charge in [-0.05, 0) is 37.1 Å². The molecule has 0 radical (unpaired) electrons. The molecule has 1 fully saturated rings. The van der Waals surface area contributed by atoms with E-state index in [0.29, 0.717) is 18.7 Å². The largest absolute Gasteiger partial charge is 0.364 e. The van der Waals surface area contributed by atoms with Gasteiger partial charge in [0.25, 0.3) is 5.91 Å². The van der Waals surface area contributed by atoms with Gasteiger partial charge in [0.05, 0.1) is 0 Å². The first-order chi connectivity index (χ1) is 12.2. The van der Waals surface area contributed by atoms with Crippen LogP contribution in [-0.4, -0.2) is 25.0 Å². The zero-order valence-corrected chi connectivity index (χ0v) is 14.3. The second-order valence-corrected chi connectivity index (χ2v) is 5.93. The van der Waals surface area contributed by atoms with Gasteiger partial charge in [-0.15, -0.1) is 0 Å². The number of nitrogens with zero attached hydrogens (tertiary/aromatic N) is 1. The van der Waals surface area contributed by atoms with Crippen molar-refractivity contribution >= 4 is 23.2 Å². The molecule has 1 aliphatic heterocycles. The molecule has 1 N–H and O–H groups in total. The van der Waals surface area contributed by atoms with E-state index in [4.69, 9.17) is 4.74 Å². The number of carbonyl (C=O) groups is 2. The Morgan fingerprint density at radius 1 is 1.20 bits per heavy atom. The van der Waals surface area contributed by atoms with Gasteiger partial charge in [0.15, 0.2) is 6.10 Å². The number of ether oxygens (including phenoxy) is 1. The molecule has 0 unspecified atom stereocenters. The number of hydrogen-bond donors (Lipinski definition) is 1. The van der Waals surface area contributed by atoms with Crippen LogP contribution in [0.15, 0.2) is 54.6 Å². The number of benzene rings is 2. The quantitative estimate of drug-likeness (QED) is 0.876. The summed E-state index contributed by atoms with van der Waals surface area (Å²) in [6, 6.07) is 16.8. The Hall–Kier alpha value is -2.66. The minimum absolute atomic E-state index is 0.125. The van der Waals surface area contributed by atoms with E-state index >= 15 is 0 Å². The van der Waals surface area contributed by atoms with Crippen molar-refractivity contribution in [1.29, 1.82) is 0 Å². The van der Waals surface area contributed by atoms with Crippen LogP contribution in [0.4, 0.5) is 11.4 Å². The fraction of sp³-hybridized carbons (Fsp3) is 0.300. The number of amides is 2. The van der Waals surface area contributed by atoms with Gasteiger partial charge in [-0.1, -0.05) is 36.4 Å². The molecule has 2 aromatic rings.